The molecule has 1 atom stereocenters. The number of rotatable bonds is 6. The number of carboxylic acid groups (broad SMARTS) is 1. The van der Waals surface area contributed by atoms with Crippen LogP contribution in [0.4, 0.5) is 5.13 Å². The quantitative estimate of drug-likeness (QED) is 0.307. The minimum absolute atomic E-state index is 0.0264. The lowest BCUT2D eigenvalue weighted by atomic mass is 9.97. The zero-order valence-corrected chi connectivity index (χ0v) is 23.3. The van der Waals surface area contributed by atoms with Crippen LogP contribution in [0.3, 0.4) is 0 Å². The molecule has 0 radical (unpaired) electrons. The first-order valence-electron chi connectivity index (χ1n) is 11.4. The Morgan fingerprint density at radius 3 is 2.59 bits per heavy atom. The Morgan fingerprint density at radius 2 is 1.95 bits per heavy atom. The Labute approximate surface area is 232 Å². The van der Waals surface area contributed by atoms with Gasteiger partial charge in [0.05, 0.1) is 33.2 Å². The van der Waals surface area contributed by atoms with Gasteiger partial charge in [0.15, 0.2) is 5.71 Å². The van der Waals surface area contributed by atoms with E-state index < -0.39 is 5.97 Å². The number of allylic oxidation sites excluding steroid dienone is 1. The molecule has 7 nitrogen and oxygen atoms in total. The van der Waals surface area contributed by atoms with Crippen molar-refractivity contribution in [1.82, 2.24) is 4.98 Å². The van der Waals surface area contributed by atoms with Gasteiger partial charge in [-0.3, -0.25) is 0 Å². The number of ether oxygens (including phenoxy) is 2. The topological polar surface area (TPSA) is 107 Å². The number of fused-ring (bicyclic) bond motifs is 3. The van der Waals surface area contributed by atoms with E-state index >= 15 is 0 Å². The zero-order chi connectivity index (χ0) is 26.4. The number of benzene rings is 2. The lowest BCUT2D eigenvalue weighted by Crippen LogP contribution is -2.38. The van der Waals surface area contributed by atoms with E-state index in [-0.39, 0.29) is 17.1 Å². The number of nitrogens with two attached hydrogens (primary N) is 1. The van der Waals surface area contributed by atoms with Crippen LogP contribution in [0.25, 0.3) is 16.8 Å². The van der Waals surface area contributed by atoms with Crippen molar-refractivity contribution in [3.05, 3.63) is 62.8 Å². The third-order valence-electron chi connectivity index (χ3n) is 5.95. The van der Waals surface area contributed by atoms with Crippen molar-refractivity contribution in [1.29, 1.82) is 0 Å². The molecule has 2 aromatic carbocycles. The van der Waals surface area contributed by atoms with Crippen LogP contribution in [0.15, 0.2) is 45.2 Å². The number of aliphatic imine (C=N–C) groups is 1. The first-order valence-corrected chi connectivity index (χ1v) is 13.9. The average molecular weight is 577 g/mol. The summed E-state index contributed by atoms with van der Waals surface area (Å²) in [5, 5.41) is 11.5. The van der Waals surface area contributed by atoms with Crippen molar-refractivity contribution in [2.45, 2.75) is 36.3 Å². The summed E-state index contributed by atoms with van der Waals surface area (Å²) in [5.41, 5.74) is 10.8. The number of aryl methyl sites for hydroxylation is 1. The van der Waals surface area contributed by atoms with E-state index in [1.165, 1.54) is 11.3 Å². The Bertz CT molecular complexity index is 1480. The summed E-state index contributed by atoms with van der Waals surface area (Å²) in [6, 6.07) is 9.19. The number of nitrogens with zero attached hydrogens (tertiary/aromatic N) is 2. The number of hydrogen-bond donors (Lipinski definition) is 2. The summed E-state index contributed by atoms with van der Waals surface area (Å²) >= 11 is 15.5. The standard InChI is InChI=1S/C26H23Cl2N3O4S2/c1-11-4-14(6-15(5-11)35-16-9-34-10-16)21(12(2)29)23(24(32)33)31-26-30-22-18-8-20(28)19(27)7-17(18)13(3)36-25(22)37-26/h4-8,13,16H,9-10,29H2,1-3H3,(H,32,33). The predicted molar refractivity (Wildman–Crippen MR) is 150 cm³/mol. The van der Waals surface area contributed by atoms with E-state index in [0.29, 0.717) is 56.7 Å². The van der Waals surface area contributed by atoms with Crippen molar-refractivity contribution in [3.8, 4) is 17.0 Å². The maximum absolute atomic E-state index is 12.5. The van der Waals surface area contributed by atoms with E-state index in [9.17, 15) is 9.90 Å². The van der Waals surface area contributed by atoms with Gasteiger partial charge in [-0.05, 0) is 61.7 Å². The van der Waals surface area contributed by atoms with Gasteiger partial charge < -0.3 is 20.3 Å². The van der Waals surface area contributed by atoms with Crippen molar-refractivity contribution < 1.29 is 19.4 Å². The van der Waals surface area contributed by atoms with Gasteiger partial charge in [0.2, 0.25) is 5.13 Å². The van der Waals surface area contributed by atoms with Crippen molar-refractivity contribution in [3.63, 3.8) is 0 Å². The Morgan fingerprint density at radius 1 is 1.22 bits per heavy atom. The molecule has 0 bridgehead atoms. The normalized spacial score (nSPS) is 18.0. The maximum atomic E-state index is 12.5. The van der Waals surface area contributed by atoms with Gasteiger partial charge in [-0.15, -0.1) is 11.8 Å². The number of thiazole rings is 1. The van der Waals surface area contributed by atoms with Gasteiger partial charge in [-0.25, -0.2) is 14.8 Å². The molecule has 11 heteroatoms. The van der Waals surface area contributed by atoms with E-state index in [0.717, 1.165) is 20.9 Å². The first kappa shape index (κ1) is 26.1. The fraction of sp³-hybridized carbons (Fsp3) is 0.269. The monoisotopic (exact) mass is 575 g/mol. The molecule has 1 saturated heterocycles. The molecule has 3 aromatic rings. The number of aromatic nitrogens is 1. The molecule has 5 rings (SSSR count). The second-order valence-electron chi connectivity index (χ2n) is 8.88. The zero-order valence-electron chi connectivity index (χ0n) is 20.2. The fourth-order valence-electron chi connectivity index (χ4n) is 4.21. The molecule has 1 fully saturated rings. The summed E-state index contributed by atoms with van der Waals surface area (Å²) in [7, 11) is 0. The number of thioether (sulfide) groups is 1. The van der Waals surface area contributed by atoms with E-state index in [1.807, 2.05) is 25.1 Å². The highest BCUT2D eigenvalue weighted by Crippen LogP contribution is 2.53. The van der Waals surface area contributed by atoms with Crippen LogP contribution in [0.5, 0.6) is 5.75 Å². The molecule has 1 unspecified atom stereocenters. The SMILES string of the molecule is CC(N)=C(C(=Nc1nc2c(s1)SC(C)c1cc(Cl)c(Cl)cc1-2)C(=O)O)c1cc(C)cc(OC2COC2)c1. The van der Waals surface area contributed by atoms with Crippen molar-refractivity contribution >= 4 is 68.7 Å². The van der Waals surface area contributed by atoms with Gasteiger partial charge in [0.25, 0.3) is 0 Å². The average Bonchev–Trinajstić information content (AvgIpc) is 3.19. The molecular weight excluding hydrogens is 553 g/mol. The van der Waals surface area contributed by atoms with Gasteiger partial charge in [-0.2, -0.15) is 0 Å². The highest BCUT2D eigenvalue weighted by molar-refractivity contribution is 8.01. The molecule has 3 heterocycles. The van der Waals surface area contributed by atoms with Crippen LogP contribution in [-0.2, 0) is 9.53 Å². The number of halogens is 2. The number of carboxylic acids is 1. The first-order chi connectivity index (χ1) is 17.6. The molecule has 0 aliphatic carbocycles. The molecule has 0 amide bonds. The molecule has 192 valence electrons. The highest BCUT2D eigenvalue weighted by Gasteiger charge is 2.29. The van der Waals surface area contributed by atoms with Crippen LogP contribution in [0.2, 0.25) is 10.0 Å². The number of hydrogen-bond acceptors (Lipinski definition) is 8. The summed E-state index contributed by atoms with van der Waals surface area (Å²) in [6.45, 7) is 6.69. The van der Waals surface area contributed by atoms with Gasteiger partial charge >= 0.3 is 5.97 Å². The summed E-state index contributed by atoms with van der Waals surface area (Å²) in [6.07, 6.45) is -0.0264. The van der Waals surface area contributed by atoms with E-state index in [2.05, 4.69) is 11.9 Å². The van der Waals surface area contributed by atoms with Crippen LogP contribution in [0.1, 0.15) is 35.8 Å². The number of carbonyl (C=O) groups is 1. The molecule has 0 saturated carbocycles. The summed E-state index contributed by atoms with van der Waals surface area (Å²) in [4.78, 5) is 21.7. The van der Waals surface area contributed by atoms with E-state index in [1.54, 1.807) is 30.8 Å². The minimum atomic E-state index is -1.21. The second kappa shape index (κ2) is 10.3. The summed E-state index contributed by atoms with van der Waals surface area (Å²) < 4.78 is 12.1. The van der Waals surface area contributed by atoms with Crippen molar-refractivity contribution in [2.75, 3.05) is 13.2 Å². The Kier molecular flexibility index (Phi) is 7.26. The predicted octanol–water partition coefficient (Wildman–Crippen LogP) is 6.92. The van der Waals surface area contributed by atoms with E-state index in [4.69, 9.17) is 43.4 Å². The lowest BCUT2D eigenvalue weighted by molar-refractivity contribution is -0.129. The van der Waals surface area contributed by atoms with Crippen LogP contribution in [-0.4, -0.2) is 41.1 Å². The van der Waals surface area contributed by atoms with Crippen LogP contribution >= 0.6 is 46.3 Å². The van der Waals surface area contributed by atoms with Crippen LogP contribution < -0.4 is 10.5 Å². The highest BCUT2D eigenvalue weighted by atomic mass is 35.5. The molecule has 0 spiro atoms. The smallest absolute Gasteiger partial charge is 0.355 e. The van der Waals surface area contributed by atoms with Crippen LogP contribution in [0, 0.1) is 6.92 Å². The summed E-state index contributed by atoms with van der Waals surface area (Å²) in [5.74, 6) is -0.588. The second-order valence-corrected chi connectivity index (χ2v) is 12.3. The molecule has 2 aliphatic rings. The molecule has 3 N–H and O–H groups in total. The number of aliphatic carboxylic acids is 1. The van der Waals surface area contributed by atoms with Crippen molar-refractivity contribution in [2.24, 2.45) is 10.7 Å². The molecule has 2 aliphatic heterocycles. The largest absolute Gasteiger partial charge is 0.486 e. The third-order valence-corrected chi connectivity index (χ3v) is 8.96. The maximum Gasteiger partial charge on any atom is 0.355 e. The van der Waals surface area contributed by atoms with Gasteiger partial charge in [-0.1, -0.05) is 40.6 Å². The van der Waals surface area contributed by atoms with Gasteiger partial charge in [0.1, 0.15) is 11.9 Å². The molecule has 1 aromatic heterocycles. The third kappa shape index (κ3) is 5.24. The minimum Gasteiger partial charge on any atom is -0.486 e. The van der Waals surface area contributed by atoms with Gasteiger partial charge in [0, 0.05) is 22.1 Å². The Balaban J connectivity index is 1.58. The molecular formula is C26H23Cl2N3O4S2. The Hall–Kier alpha value is -2.56. The lowest BCUT2D eigenvalue weighted by Gasteiger charge is -2.27. The fourth-order valence-corrected chi connectivity index (χ4v) is 7.00. The molecule has 37 heavy (non-hydrogen) atoms.